The fraction of sp³-hybridized carbons (Fsp3) is 0.375. The van der Waals surface area contributed by atoms with Crippen LogP contribution >= 0.6 is 0 Å². The van der Waals surface area contributed by atoms with Crippen LogP contribution in [0.3, 0.4) is 0 Å². The van der Waals surface area contributed by atoms with E-state index in [2.05, 4.69) is 155 Å². The van der Waals surface area contributed by atoms with E-state index in [9.17, 15) is 5.11 Å². The molecule has 4 aromatic carbocycles. The van der Waals surface area contributed by atoms with Gasteiger partial charge in [-0.15, -0.1) is 29.3 Å². The maximum Gasteiger partial charge on any atom is 0.148 e. The molecule has 0 radical (unpaired) electrons. The molecule has 6 rings (SSSR count). The minimum Gasteiger partial charge on any atom is -0.507 e. The summed E-state index contributed by atoms with van der Waals surface area (Å²) >= 11 is 0. The normalized spacial score (nSPS) is 12.5. The van der Waals surface area contributed by atoms with Gasteiger partial charge in [-0.1, -0.05) is 144 Å². The molecule has 280 valence electrons. The molecule has 4 nitrogen and oxygen atoms in total. The summed E-state index contributed by atoms with van der Waals surface area (Å²) < 4.78 is 2.33. The van der Waals surface area contributed by atoms with Crippen molar-refractivity contribution in [1.29, 1.82) is 0 Å². The van der Waals surface area contributed by atoms with Crippen molar-refractivity contribution >= 4 is 11.0 Å². The largest absolute Gasteiger partial charge is 0.507 e. The van der Waals surface area contributed by atoms with E-state index in [0.29, 0.717) is 5.56 Å². The number of nitrogens with zero attached hydrogens (tertiary/aromatic N) is 3. The maximum absolute atomic E-state index is 11.4. The molecule has 0 saturated carbocycles. The van der Waals surface area contributed by atoms with Crippen molar-refractivity contribution in [2.24, 2.45) is 0 Å². The van der Waals surface area contributed by atoms with E-state index in [-0.39, 0.29) is 54.9 Å². The molecular formula is C48H56N3OPt-. The number of imidazole rings is 1. The van der Waals surface area contributed by atoms with Gasteiger partial charge in [-0.05, 0) is 74.6 Å². The van der Waals surface area contributed by atoms with Gasteiger partial charge in [-0.2, -0.15) is 0 Å². The third-order valence-corrected chi connectivity index (χ3v) is 10.3. The molecule has 5 heteroatoms. The number of fused-ring (bicyclic) bond motifs is 1. The predicted molar refractivity (Wildman–Crippen MR) is 220 cm³/mol. The summed E-state index contributed by atoms with van der Waals surface area (Å²) in [4.78, 5) is 10.4. The molecular weight excluding hydrogens is 830 g/mol. The quantitative estimate of drug-likeness (QED) is 0.170. The van der Waals surface area contributed by atoms with Gasteiger partial charge in [0, 0.05) is 33.0 Å². The third kappa shape index (κ3) is 7.95. The average molecular weight is 886 g/mol. The minimum absolute atomic E-state index is 0. The summed E-state index contributed by atoms with van der Waals surface area (Å²) in [5.74, 6) is 1.47. The van der Waals surface area contributed by atoms with Crippen LogP contribution < -0.4 is 0 Å². The number of benzene rings is 4. The number of hydrogen-bond acceptors (Lipinski definition) is 3. The van der Waals surface area contributed by atoms with Gasteiger partial charge in [0.2, 0.25) is 0 Å². The average Bonchev–Trinajstić information content (AvgIpc) is 3.45. The molecule has 2 heterocycles. The van der Waals surface area contributed by atoms with Crippen molar-refractivity contribution in [3.63, 3.8) is 0 Å². The molecule has 0 bridgehead atoms. The Hall–Kier alpha value is -4.01. The number of rotatable bonds is 6. The van der Waals surface area contributed by atoms with E-state index in [1.54, 1.807) is 6.07 Å². The number of phenolic OH excluding ortho intramolecular Hbond substituents is 1. The van der Waals surface area contributed by atoms with Crippen molar-refractivity contribution in [3.8, 4) is 45.2 Å². The smallest absolute Gasteiger partial charge is 0.148 e. The first-order valence-corrected chi connectivity index (χ1v) is 18.8. The summed E-state index contributed by atoms with van der Waals surface area (Å²) in [7, 11) is 0. The first-order chi connectivity index (χ1) is 24.3. The Kier molecular flexibility index (Phi) is 11.1. The van der Waals surface area contributed by atoms with Gasteiger partial charge in [-0.25, -0.2) is 4.98 Å². The number of aromatic hydroxyl groups is 1. The van der Waals surface area contributed by atoms with Gasteiger partial charge < -0.3 is 5.11 Å². The zero-order chi connectivity index (χ0) is 37.9. The molecule has 0 atom stereocenters. The minimum atomic E-state index is -0.154. The van der Waals surface area contributed by atoms with Gasteiger partial charge >= 0.3 is 0 Å². The van der Waals surface area contributed by atoms with E-state index in [4.69, 9.17) is 9.97 Å². The number of para-hydroxylation sites is 2. The fourth-order valence-corrected chi connectivity index (χ4v) is 6.99. The topological polar surface area (TPSA) is 50.9 Å². The molecule has 0 fully saturated rings. The fourth-order valence-electron chi connectivity index (χ4n) is 6.99. The van der Waals surface area contributed by atoms with Crippen molar-refractivity contribution < 1.29 is 26.2 Å². The van der Waals surface area contributed by atoms with Crippen LogP contribution in [0.2, 0.25) is 0 Å². The first kappa shape index (κ1) is 40.2. The van der Waals surface area contributed by atoms with Gasteiger partial charge in [-0.3, -0.25) is 9.55 Å². The van der Waals surface area contributed by atoms with Gasteiger partial charge in [0.1, 0.15) is 11.6 Å². The van der Waals surface area contributed by atoms with E-state index in [1.165, 1.54) is 27.8 Å². The van der Waals surface area contributed by atoms with Crippen LogP contribution in [0, 0.1) is 6.07 Å². The Balaban J connectivity index is 0.00000541. The SMILES string of the molecule is CC(C)c1cccc(C(C)C)c1-n1c(-c2ccccc2O)nc2c(-c3[c-]c(-c4cc(C(C)(C)C)ccn4)cc(C(C)(C)C)c3)cc(C(C)(C)C)cc21.[Pt]. The molecule has 0 aliphatic heterocycles. The molecule has 53 heavy (non-hydrogen) atoms. The van der Waals surface area contributed by atoms with E-state index >= 15 is 0 Å². The van der Waals surface area contributed by atoms with Gasteiger partial charge in [0.05, 0.1) is 22.3 Å². The number of pyridine rings is 1. The molecule has 0 amide bonds. The summed E-state index contributed by atoms with van der Waals surface area (Å²) in [5.41, 5.74) is 13.5. The third-order valence-electron chi connectivity index (χ3n) is 10.3. The predicted octanol–water partition coefficient (Wildman–Crippen LogP) is 13.1. The number of phenols is 1. The molecule has 0 saturated heterocycles. The molecule has 0 aliphatic carbocycles. The van der Waals surface area contributed by atoms with Crippen LogP contribution in [0.15, 0.2) is 85.1 Å². The summed E-state index contributed by atoms with van der Waals surface area (Å²) in [5, 5.41) is 11.4. The van der Waals surface area contributed by atoms with Crippen molar-refractivity contribution in [3.05, 3.63) is 119 Å². The van der Waals surface area contributed by atoms with E-state index in [1.807, 2.05) is 24.4 Å². The zero-order valence-electron chi connectivity index (χ0n) is 33.8. The van der Waals surface area contributed by atoms with Crippen LogP contribution in [0.1, 0.15) is 130 Å². The van der Waals surface area contributed by atoms with Crippen LogP contribution in [0.25, 0.3) is 50.5 Å². The van der Waals surface area contributed by atoms with E-state index in [0.717, 1.165) is 44.9 Å². The second-order valence-electron chi connectivity index (χ2n) is 18.2. The second kappa shape index (κ2) is 14.7. The maximum atomic E-state index is 11.4. The molecule has 0 unspecified atom stereocenters. The Morgan fingerprint density at radius 2 is 1.19 bits per heavy atom. The first-order valence-electron chi connectivity index (χ1n) is 18.8. The van der Waals surface area contributed by atoms with Crippen LogP contribution in [-0.2, 0) is 37.3 Å². The molecule has 1 N–H and O–H groups in total. The summed E-state index contributed by atoms with van der Waals surface area (Å²) in [6.45, 7) is 29.3. The zero-order valence-corrected chi connectivity index (χ0v) is 36.1. The van der Waals surface area contributed by atoms with Gasteiger partial charge in [0.15, 0.2) is 0 Å². The van der Waals surface area contributed by atoms with Gasteiger partial charge in [0.25, 0.3) is 0 Å². The van der Waals surface area contributed by atoms with Crippen molar-refractivity contribution in [1.82, 2.24) is 14.5 Å². The monoisotopic (exact) mass is 885 g/mol. The Labute approximate surface area is 332 Å². The van der Waals surface area contributed by atoms with Crippen LogP contribution in [0.4, 0.5) is 0 Å². The molecule has 0 spiro atoms. The van der Waals surface area contributed by atoms with Crippen molar-refractivity contribution in [2.75, 3.05) is 0 Å². The van der Waals surface area contributed by atoms with Crippen LogP contribution in [-0.4, -0.2) is 19.6 Å². The second-order valence-corrected chi connectivity index (χ2v) is 18.2. The Morgan fingerprint density at radius 1 is 0.623 bits per heavy atom. The molecule has 6 aromatic rings. The number of aromatic nitrogens is 3. The molecule has 0 aliphatic rings. The Morgan fingerprint density at radius 3 is 1.75 bits per heavy atom. The Bertz CT molecular complexity index is 2250. The number of hydrogen-bond donors (Lipinski definition) is 1. The van der Waals surface area contributed by atoms with E-state index < -0.39 is 0 Å². The van der Waals surface area contributed by atoms with Crippen molar-refractivity contribution in [2.45, 2.75) is 118 Å². The standard InChI is InChI=1S/C48H56N3O.Pt/c1-29(2)36-18-16-19-37(30(3)4)44(36)51-41-28-35(48(11,12)13)26-39(43(41)50-45(51)38-17-14-15-20-42(38)52)31-23-32(25-34(24-31)47(8,9)10)40-27-33(21-22-49-40)46(5,6)7;/h14-22,24-30,52H,1-13H3;/q-1;. The summed E-state index contributed by atoms with van der Waals surface area (Å²) in [6.07, 6.45) is 1.92. The van der Waals surface area contributed by atoms with Crippen LogP contribution in [0.5, 0.6) is 5.75 Å². The summed E-state index contributed by atoms with van der Waals surface area (Å²) in [6, 6.07) is 31.6. The molecule has 2 aromatic heterocycles.